The number of benzene rings is 2. The van der Waals surface area contributed by atoms with Crippen LogP contribution in [0.3, 0.4) is 0 Å². The van der Waals surface area contributed by atoms with Crippen LogP contribution >= 0.6 is 15.9 Å². The summed E-state index contributed by atoms with van der Waals surface area (Å²) in [7, 11) is 0. The standard InChI is InChI=1S/C29H27BrN6O/c30-25-18-33-36-27(32-17-20-6-4-12-31-16-20)15-26(34-29(25)36)23-10-5-13-35(19-23)28(37)14-22-9-3-8-21-7-1-2-11-24(21)22/h1-4,6-9,11-12,15-16,18,23,32H,5,10,13-14,17,19H2. The number of pyridine rings is 1. The maximum Gasteiger partial charge on any atom is 0.227 e. The molecule has 2 aromatic carbocycles. The lowest BCUT2D eigenvalue weighted by Crippen LogP contribution is -2.40. The van der Waals surface area contributed by atoms with Gasteiger partial charge in [0.05, 0.1) is 22.8 Å². The Morgan fingerprint density at radius 3 is 2.86 bits per heavy atom. The number of carbonyl (C=O) groups is 1. The van der Waals surface area contributed by atoms with Gasteiger partial charge in [-0.3, -0.25) is 9.78 Å². The third-order valence-corrected chi connectivity index (χ3v) is 7.62. The van der Waals surface area contributed by atoms with Crippen LogP contribution in [0, 0.1) is 0 Å². The van der Waals surface area contributed by atoms with Crippen LogP contribution in [0.5, 0.6) is 0 Å². The van der Waals surface area contributed by atoms with Crippen molar-refractivity contribution >= 4 is 44.1 Å². The van der Waals surface area contributed by atoms with Gasteiger partial charge in [-0.25, -0.2) is 4.98 Å². The first-order chi connectivity index (χ1) is 18.2. The zero-order chi connectivity index (χ0) is 25.2. The van der Waals surface area contributed by atoms with Crippen molar-refractivity contribution in [3.63, 3.8) is 0 Å². The molecule has 186 valence electrons. The van der Waals surface area contributed by atoms with Gasteiger partial charge in [0, 0.05) is 44.0 Å². The smallest absolute Gasteiger partial charge is 0.227 e. The Morgan fingerprint density at radius 2 is 1.97 bits per heavy atom. The minimum absolute atomic E-state index is 0.163. The molecule has 37 heavy (non-hydrogen) atoms. The Morgan fingerprint density at radius 1 is 1.08 bits per heavy atom. The zero-order valence-corrected chi connectivity index (χ0v) is 21.9. The SMILES string of the molecule is O=C(Cc1cccc2ccccc12)N1CCCC(c2cc(NCc3cccnc3)n3ncc(Br)c3n2)C1. The molecular formula is C29H27BrN6O. The van der Waals surface area contributed by atoms with E-state index in [1.54, 1.807) is 12.4 Å². The number of hydrogen-bond acceptors (Lipinski definition) is 5. The molecule has 1 atom stereocenters. The summed E-state index contributed by atoms with van der Waals surface area (Å²) in [5, 5.41) is 10.3. The summed E-state index contributed by atoms with van der Waals surface area (Å²) in [5.74, 6) is 1.20. The van der Waals surface area contributed by atoms with Crippen LogP contribution in [0.4, 0.5) is 5.82 Å². The van der Waals surface area contributed by atoms with E-state index in [-0.39, 0.29) is 11.8 Å². The van der Waals surface area contributed by atoms with E-state index < -0.39 is 0 Å². The highest BCUT2D eigenvalue weighted by Crippen LogP contribution is 2.30. The Hall–Kier alpha value is -3.78. The van der Waals surface area contributed by atoms with Crippen molar-refractivity contribution < 1.29 is 4.79 Å². The van der Waals surface area contributed by atoms with Crippen LogP contribution in [-0.2, 0) is 17.8 Å². The predicted octanol–water partition coefficient (Wildman–Crippen LogP) is 5.60. The molecule has 1 unspecified atom stereocenters. The van der Waals surface area contributed by atoms with E-state index in [0.717, 1.165) is 57.5 Å². The first-order valence-electron chi connectivity index (χ1n) is 12.6. The molecule has 6 rings (SSSR count). The van der Waals surface area contributed by atoms with E-state index in [9.17, 15) is 4.79 Å². The Kier molecular flexibility index (Phi) is 6.57. The van der Waals surface area contributed by atoms with Gasteiger partial charge in [0.25, 0.3) is 0 Å². The number of halogens is 1. The molecular weight excluding hydrogens is 528 g/mol. The molecule has 3 aromatic heterocycles. The monoisotopic (exact) mass is 554 g/mol. The van der Waals surface area contributed by atoms with Crippen LogP contribution < -0.4 is 5.32 Å². The number of nitrogens with one attached hydrogen (secondary N) is 1. The van der Waals surface area contributed by atoms with Crippen molar-refractivity contribution in [1.82, 2.24) is 24.5 Å². The highest BCUT2D eigenvalue weighted by molar-refractivity contribution is 9.10. The third kappa shape index (κ3) is 4.93. The second-order valence-electron chi connectivity index (χ2n) is 9.50. The second-order valence-corrected chi connectivity index (χ2v) is 10.4. The summed E-state index contributed by atoms with van der Waals surface area (Å²) in [6.45, 7) is 2.08. The lowest BCUT2D eigenvalue weighted by atomic mass is 9.93. The van der Waals surface area contributed by atoms with Gasteiger partial charge < -0.3 is 10.2 Å². The number of piperidine rings is 1. The number of anilines is 1. The summed E-state index contributed by atoms with van der Waals surface area (Å²) in [4.78, 5) is 24.6. The van der Waals surface area contributed by atoms with Crippen molar-refractivity contribution in [2.75, 3.05) is 18.4 Å². The zero-order valence-electron chi connectivity index (χ0n) is 20.3. The Labute approximate surface area is 223 Å². The highest BCUT2D eigenvalue weighted by atomic mass is 79.9. The molecule has 1 fully saturated rings. The normalized spacial score (nSPS) is 15.8. The molecule has 1 aliphatic heterocycles. The van der Waals surface area contributed by atoms with Crippen molar-refractivity contribution in [2.45, 2.75) is 31.7 Å². The molecule has 0 spiro atoms. The molecule has 8 heteroatoms. The van der Waals surface area contributed by atoms with E-state index in [4.69, 9.17) is 4.98 Å². The largest absolute Gasteiger partial charge is 0.366 e. The fourth-order valence-electron chi connectivity index (χ4n) is 5.15. The summed E-state index contributed by atoms with van der Waals surface area (Å²) in [6, 6.07) is 20.5. The number of nitrogens with zero attached hydrogens (tertiary/aromatic N) is 5. The van der Waals surface area contributed by atoms with Crippen molar-refractivity contribution in [3.05, 3.63) is 101 Å². The van der Waals surface area contributed by atoms with E-state index >= 15 is 0 Å². The van der Waals surface area contributed by atoms with Crippen LogP contribution in [-0.4, -0.2) is 43.5 Å². The molecule has 5 aromatic rings. The highest BCUT2D eigenvalue weighted by Gasteiger charge is 2.27. The van der Waals surface area contributed by atoms with Gasteiger partial charge in [-0.2, -0.15) is 9.61 Å². The summed E-state index contributed by atoms with van der Waals surface area (Å²) < 4.78 is 2.66. The number of rotatable bonds is 6. The van der Waals surface area contributed by atoms with E-state index in [1.807, 2.05) is 45.9 Å². The van der Waals surface area contributed by atoms with Crippen LogP contribution in [0.15, 0.2) is 83.7 Å². The van der Waals surface area contributed by atoms with Gasteiger partial charge in [-0.15, -0.1) is 0 Å². The van der Waals surface area contributed by atoms with Crippen LogP contribution in [0.1, 0.15) is 35.6 Å². The average molecular weight is 555 g/mol. The van der Waals surface area contributed by atoms with E-state index in [0.29, 0.717) is 19.5 Å². The number of aromatic nitrogens is 4. The van der Waals surface area contributed by atoms with Crippen molar-refractivity contribution in [3.8, 4) is 0 Å². The van der Waals surface area contributed by atoms with Gasteiger partial charge in [0.2, 0.25) is 5.91 Å². The number of fused-ring (bicyclic) bond motifs is 2. The molecule has 0 saturated carbocycles. The minimum atomic E-state index is 0.163. The quantitative estimate of drug-likeness (QED) is 0.295. The Bertz CT molecular complexity index is 1560. The molecule has 0 radical (unpaired) electrons. The van der Waals surface area contributed by atoms with Crippen molar-refractivity contribution in [1.29, 1.82) is 0 Å². The first kappa shape index (κ1) is 23.6. The van der Waals surface area contributed by atoms with Crippen LogP contribution in [0.25, 0.3) is 16.4 Å². The van der Waals surface area contributed by atoms with E-state index in [2.05, 4.69) is 61.7 Å². The van der Waals surface area contributed by atoms with Gasteiger partial charge in [-0.05, 0) is 56.7 Å². The number of carbonyl (C=O) groups excluding carboxylic acids is 1. The predicted molar refractivity (Wildman–Crippen MR) is 148 cm³/mol. The topological polar surface area (TPSA) is 75.4 Å². The minimum Gasteiger partial charge on any atom is -0.366 e. The van der Waals surface area contributed by atoms with Gasteiger partial charge >= 0.3 is 0 Å². The summed E-state index contributed by atoms with van der Waals surface area (Å²) >= 11 is 3.60. The maximum absolute atomic E-state index is 13.4. The Balaban J connectivity index is 1.23. The number of likely N-dealkylation sites (tertiary alicyclic amines) is 1. The molecule has 7 nitrogen and oxygen atoms in total. The molecule has 1 amide bonds. The first-order valence-corrected chi connectivity index (χ1v) is 13.4. The lowest BCUT2D eigenvalue weighted by molar-refractivity contribution is -0.131. The van der Waals surface area contributed by atoms with Gasteiger partial charge in [-0.1, -0.05) is 48.5 Å². The molecule has 1 saturated heterocycles. The summed E-state index contributed by atoms with van der Waals surface area (Å²) in [6.07, 6.45) is 7.75. The lowest BCUT2D eigenvalue weighted by Gasteiger charge is -2.33. The molecule has 1 aliphatic rings. The van der Waals surface area contributed by atoms with Gasteiger partial charge in [0.15, 0.2) is 5.65 Å². The maximum atomic E-state index is 13.4. The van der Waals surface area contributed by atoms with Crippen LogP contribution in [0.2, 0.25) is 0 Å². The van der Waals surface area contributed by atoms with Gasteiger partial charge in [0.1, 0.15) is 5.82 Å². The molecule has 1 N–H and O–H groups in total. The number of amides is 1. The third-order valence-electron chi connectivity index (χ3n) is 7.06. The van der Waals surface area contributed by atoms with Crippen molar-refractivity contribution in [2.24, 2.45) is 0 Å². The fraction of sp³-hybridized carbons (Fsp3) is 0.241. The molecule has 4 heterocycles. The fourth-order valence-corrected chi connectivity index (χ4v) is 5.50. The number of hydrogen-bond donors (Lipinski definition) is 1. The molecule has 0 aliphatic carbocycles. The second kappa shape index (κ2) is 10.3. The van der Waals surface area contributed by atoms with E-state index in [1.165, 1.54) is 5.39 Å². The molecule has 0 bridgehead atoms. The summed E-state index contributed by atoms with van der Waals surface area (Å²) in [5.41, 5.74) is 3.91. The average Bonchev–Trinajstić information content (AvgIpc) is 3.33.